The molecule has 0 unspecified atom stereocenters. The number of halogens is 2. The van der Waals surface area contributed by atoms with Gasteiger partial charge in [0.25, 0.3) is 0 Å². The highest BCUT2D eigenvalue weighted by molar-refractivity contribution is 7.89. The molecule has 0 spiro atoms. The molecule has 0 radical (unpaired) electrons. The second-order valence-electron chi connectivity index (χ2n) is 10.3. The number of benzene rings is 1. The minimum absolute atomic E-state index is 0.0823. The van der Waals surface area contributed by atoms with Gasteiger partial charge in [0.05, 0.1) is 28.1 Å². The highest BCUT2D eigenvalue weighted by atomic mass is 32.2. The summed E-state index contributed by atoms with van der Waals surface area (Å²) in [5.41, 5.74) is 1.36. The SMILES string of the molecule is CC1(C)[C@H]2CC[C@]1(c1ccnc(-c3ncnn3CS(C)(=O)=O)n1)c1nnc(-c3c(F)cccc3F)cc12. The zero-order chi connectivity index (χ0) is 26.2. The Morgan fingerprint density at radius 3 is 2.59 bits per heavy atom. The number of sulfone groups is 1. The van der Waals surface area contributed by atoms with Crippen LogP contribution >= 0.6 is 0 Å². The summed E-state index contributed by atoms with van der Waals surface area (Å²) in [7, 11) is -3.37. The van der Waals surface area contributed by atoms with Crippen LogP contribution < -0.4 is 0 Å². The Kier molecular flexibility index (Phi) is 5.07. The van der Waals surface area contributed by atoms with Gasteiger partial charge in [0.1, 0.15) is 23.8 Å². The van der Waals surface area contributed by atoms with Crippen molar-refractivity contribution in [1.29, 1.82) is 0 Å². The van der Waals surface area contributed by atoms with Gasteiger partial charge in [-0.15, -0.1) is 5.10 Å². The maximum atomic E-state index is 14.5. The van der Waals surface area contributed by atoms with E-state index in [1.54, 1.807) is 12.3 Å². The van der Waals surface area contributed by atoms with E-state index in [2.05, 4.69) is 39.1 Å². The molecular weight excluding hydrogens is 500 g/mol. The number of nitrogens with zero attached hydrogens (tertiary/aromatic N) is 7. The van der Waals surface area contributed by atoms with E-state index in [1.165, 1.54) is 29.2 Å². The Balaban J connectivity index is 1.49. The molecule has 2 aliphatic rings. The predicted molar refractivity (Wildman–Crippen MR) is 130 cm³/mol. The van der Waals surface area contributed by atoms with Gasteiger partial charge in [-0.25, -0.2) is 36.8 Å². The maximum Gasteiger partial charge on any atom is 0.197 e. The van der Waals surface area contributed by atoms with E-state index in [4.69, 9.17) is 4.98 Å². The zero-order valence-electron chi connectivity index (χ0n) is 20.4. The molecule has 2 atom stereocenters. The Morgan fingerprint density at radius 1 is 1.11 bits per heavy atom. The summed E-state index contributed by atoms with van der Waals surface area (Å²) < 4.78 is 54.0. The molecule has 3 aromatic heterocycles. The number of hydrogen-bond acceptors (Lipinski definition) is 8. The first-order valence-corrected chi connectivity index (χ1v) is 13.8. The lowest BCUT2D eigenvalue weighted by Crippen LogP contribution is -2.38. The third-order valence-corrected chi connectivity index (χ3v) is 8.58. The predicted octanol–water partition coefficient (Wildman–Crippen LogP) is 3.68. The van der Waals surface area contributed by atoms with Gasteiger partial charge >= 0.3 is 0 Å². The minimum Gasteiger partial charge on any atom is -0.234 e. The molecule has 2 aliphatic carbocycles. The molecule has 0 saturated heterocycles. The molecule has 3 heterocycles. The van der Waals surface area contributed by atoms with Gasteiger partial charge in [0.2, 0.25) is 0 Å². The first-order valence-electron chi connectivity index (χ1n) is 11.7. The second-order valence-corrected chi connectivity index (χ2v) is 12.4. The summed E-state index contributed by atoms with van der Waals surface area (Å²) in [4.78, 5) is 13.4. The molecule has 37 heavy (non-hydrogen) atoms. The van der Waals surface area contributed by atoms with Crippen molar-refractivity contribution in [2.24, 2.45) is 5.41 Å². The Bertz CT molecular complexity index is 1650. The van der Waals surface area contributed by atoms with E-state index < -0.39 is 26.9 Å². The third-order valence-electron chi connectivity index (χ3n) is 7.87. The molecule has 12 heteroatoms. The van der Waals surface area contributed by atoms with Crippen molar-refractivity contribution in [2.45, 2.75) is 43.9 Å². The van der Waals surface area contributed by atoms with Gasteiger partial charge in [0, 0.05) is 12.5 Å². The molecule has 0 amide bonds. The van der Waals surface area contributed by atoms with E-state index >= 15 is 0 Å². The van der Waals surface area contributed by atoms with Gasteiger partial charge in [0.15, 0.2) is 21.5 Å². The Labute approximate surface area is 212 Å². The van der Waals surface area contributed by atoms with Crippen LogP contribution in [0.15, 0.2) is 42.9 Å². The van der Waals surface area contributed by atoms with Crippen LogP contribution in [0, 0.1) is 17.0 Å². The second kappa shape index (κ2) is 7.91. The summed E-state index contributed by atoms with van der Waals surface area (Å²) in [5.74, 6) is -1.16. The first-order chi connectivity index (χ1) is 17.5. The fourth-order valence-corrected chi connectivity index (χ4v) is 6.85. The van der Waals surface area contributed by atoms with Gasteiger partial charge in [-0.1, -0.05) is 19.9 Å². The third kappa shape index (κ3) is 3.41. The van der Waals surface area contributed by atoms with Crippen LogP contribution in [0.4, 0.5) is 8.78 Å². The molecule has 0 N–H and O–H groups in total. The van der Waals surface area contributed by atoms with Gasteiger partial charge < -0.3 is 0 Å². The maximum absolute atomic E-state index is 14.5. The largest absolute Gasteiger partial charge is 0.234 e. The fourth-order valence-electron chi connectivity index (χ4n) is 6.21. The summed E-state index contributed by atoms with van der Waals surface area (Å²) in [6.07, 6.45) is 5.60. The zero-order valence-corrected chi connectivity index (χ0v) is 21.2. The van der Waals surface area contributed by atoms with E-state index in [0.717, 1.165) is 30.4 Å². The van der Waals surface area contributed by atoms with Crippen molar-refractivity contribution in [3.63, 3.8) is 0 Å². The summed E-state index contributed by atoms with van der Waals surface area (Å²) >= 11 is 0. The molecule has 6 rings (SSSR count). The van der Waals surface area contributed by atoms with Crippen molar-refractivity contribution < 1.29 is 17.2 Å². The topological polar surface area (TPSA) is 116 Å². The molecule has 1 saturated carbocycles. The van der Waals surface area contributed by atoms with Crippen molar-refractivity contribution >= 4 is 9.84 Å². The summed E-state index contributed by atoms with van der Waals surface area (Å²) in [5, 5.41) is 12.8. The molecule has 4 aromatic rings. The van der Waals surface area contributed by atoms with Crippen molar-refractivity contribution in [1.82, 2.24) is 34.9 Å². The molecule has 190 valence electrons. The number of fused-ring (bicyclic) bond motifs is 5. The van der Waals surface area contributed by atoms with Crippen LogP contribution in [0.25, 0.3) is 22.9 Å². The van der Waals surface area contributed by atoms with Crippen LogP contribution in [0.3, 0.4) is 0 Å². The lowest BCUT2D eigenvalue weighted by Gasteiger charge is -2.37. The van der Waals surface area contributed by atoms with Gasteiger partial charge in [-0.3, -0.25) is 0 Å². The van der Waals surface area contributed by atoms with Crippen LogP contribution in [0.1, 0.15) is 49.6 Å². The molecular formula is C25H23F2N7O2S. The van der Waals surface area contributed by atoms with Crippen molar-refractivity contribution in [2.75, 3.05) is 6.26 Å². The summed E-state index contributed by atoms with van der Waals surface area (Å²) in [6, 6.07) is 7.30. The normalized spacial score (nSPS) is 21.8. The average molecular weight is 524 g/mol. The van der Waals surface area contributed by atoms with Gasteiger partial charge in [-0.2, -0.15) is 10.2 Å². The lowest BCUT2D eigenvalue weighted by atomic mass is 9.66. The average Bonchev–Trinajstić information content (AvgIpc) is 3.45. The standard InChI is InChI=1S/C25H23F2N7O2S/c1-24(2)15-7-9-25(24,21-14(15)11-18(32-33-21)20-16(26)5-4-6-17(20)27)19-8-10-28-22(31-19)23-29-12-30-34(23)13-37(3,35)36/h4-6,8,10-12,15H,7,9,13H2,1-3H3/t15-,25-/m0/s1. The molecule has 2 bridgehead atoms. The van der Waals surface area contributed by atoms with Gasteiger partial charge in [-0.05, 0) is 54.0 Å². The van der Waals surface area contributed by atoms with Crippen molar-refractivity contribution in [3.05, 3.63) is 71.4 Å². The number of hydrogen-bond donors (Lipinski definition) is 0. The number of rotatable bonds is 5. The van der Waals surface area contributed by atoms with Crippen LogP contribution in [0.2, 0.25) is 0 Å². The summed E-state index contributed by atoms with van der Waals surface area (Å²) in [6.45, 7) is 4.29. The lowest BCUT2D eigenvalue weighted by molar-refractivity contribution is 0.242. The minimum atomic E-state index is -3.37. The first kappa shape index (κ1) is 23.7. The van der Waals surface area contributed by atoms with Crippen LogP contribution in [-0.4, -0.2) is 49.6 Å². The molecule has 0 aliphatic heterocycles. The highest BCUT2D eigenvalue weighted by Crippen LogP contribution is 2.69. The van der Waals surface area contributed by atoms with Crippen LogP contribution in [0.5, 0.6) is 0 Å². The Hall–Kier alpha value is -3.67. The quantitative estimate of drug-likeness (QED) is 0.389. The number of aromatic nitrogens is 7. The smallest absolute Gasteiger partial charge is 0.197 e. The monoisotopic (exact) mass is 523 g/mol. The van der Waals surface area contributed by atoms with E-state index in [1.807, 2.05) is 6.07 Å². The van der Waals surface area contributed by atoms with E-state index in [0.29, 0.717) is 5.69 Å². The van der Waals surface area contributed by atoms with Crippen LogP contribution in [-0.2, 0) is 21.1 Å². The van der Waals surface area contributed by atoms with Crippen molar-refractivity contribution in [3.8, 4) is 22.9 Å². The van der Waals surface area contributed by atoms with E-state index in [-0.39, 0.29) is 40.1 Å². The molecule has 1 aromatic carbocycles. The highest BCUT2D eigenvalue weighted by Gasteiger charge is 2.65. The Morgan fingerprint density at radius 2 is 1.86 bits per heavy atom. The fraction of sp³-hybridized carbons (Fsp3) is 0.360. The molecule has 9 nitrogen and oxygen atoms in total. The molecule has 1 fully saturated rings. The van der Waals surface area contributed by atoms with E-state index in [9.17, 15) is 17.2 Å².